The van der Waals surface area contributed by atoms with Crippen molar-refractivity contribution in [2.24, 2.45) is 0 Å². The van der Waals surface area contributed by atoms with Crippen LogP contribution in [0.15, 0.2) is 23.8 Å². The highest BCUT2D eigenvalue weighted by molar-refractivity contribution is 5.22. The molecule has 0 fully saturated rings. The van der Waals surface area contributed by atoms with E-state index in [1.54, 1.807) is 0 Å². The molecule has 0 amide bonds. The molecule has 1 aliphatic carbocycles. The van der Waals surface area contributed by atoms with Crippen LogP contribution in [0.25, 0.3) is 0 Å². The SMILES string of the molecule is OOCCC1=CC=CC1. The van der Waals surface area contributed by atoms with Crippen molar-refractivity contribution in [1.29, 1.82) is 0 Å². The molecular weight excluding hydrogens is 116 g/mol. The molecule has 2 heteroatoms. The quantitative estimate of drug-likeness (QED) is 0.461. The Morgan fingerprint density at radius 2 is 2.56 bits per heavy atom. The predicted molar refractivity (Wildman–Crippen MR) is 35.0 cm³/mol. The van der Waals surface area contributed by atoms with Crippen LogP contribution in [0, 0.1) is 0 Å². The van der Waals surface area contributed by atoms with Gasteiger partial charge in [-0.2, -0.15) is 0 Å². The normalized spacial score (nSPS) is 16.3. The van der Waals surface area contributed by atoms with Crippen LogP contribution in [-0.2, 0) is 4.89 Å². The molecule has 0 spiro atoms. The summed E-state index contributed by atoms with van der Waals surface area (Å²) in [7, 11) is 0. The van der Waals surface area contributed by atoms with E-state index < -0.39 is 0 Å². The van der Waals surface area contributed by atoms with Crippen molar-refractivity contribution in [1.82, 2.24) is 0 Å². The average Bonchev–Trinajstić information content (AvgIpc) is 2.34. The Hall–Kier alpha value is -0.600. The van der Waals surface area contributed by atoms with Crippen LogP contribution >= 0.6 is 0 Å². The molecule has 1 aliphatic rings. The lowest BCUT2D eigenvalue weighted by atomic mass is 10.2. The minimum Gasteiger partial charge on any atom is -0.252 e. The summed E-state index contributed by atoms with van der Waals surface area (Å²) < 4.78 is 0. The van der Waals surface area contributed by atoms with Crippen molar-refractivity contribution in [3.05, 3.63) is 23.8 Å². The predicted octanol–water partition coefficient (Wildman–Crippen LogP) is 1.75. The Kier molecular flexibility index (Phi) is 2.48. The number of hydrogen-bond donors (Lipinski definition) is 1. The molecule has 50 valence electrons. The van der Waals surface area contributed by atoms with E-state index in [0.717, 1.165) is 12.8 Å². The van der Waals surface area contributed by atoms with Gasteiger partial charge in [0.05, 0.1) is 6.61 Å². The fraction of sp³-hybridized carbons (Fsp3) is 0.429. The third kappa shape index (κ3) is 2.00. The van der Waals surface area contributed by atoms with Gasteiger partial charge in [-0.1, -0.05) is 23.8 Å². The zero-order chi connectivity index (χ0) is 6.53. The first-order chi connectivity index (χ1) is 4.43. The molecule has 0 atom stereocenters. The van der Waals surface area contributed by atoms with Crippen molar-refractivity contribution in [3.8, 4) is 0 Å². The third-order valence-corrected chi connectivity index (χ3v) is 1.36. The van der Waals surface area contributed by atoms with E-state index in [0.29, 0.717) is 6.61 Å². The monoisotopic (exact) mass is 126 g/mol. The van der Waals surface area contributed by atoms with Gasteiger partial charge in [-0.05, 0) is 12.8 Å². The molecule has 0 bridgehead atoms. The van der Waals surface area contributed by atoms with Gasteiger partial charge < -0.3 is 0 Å². The van der Waals surface area contributed by atoms with Crippen LogP contribution < -0.4 is 0 Å². The van der Waals surface area contributed by atoms with E-state index >= 15 is 0 Å². The van der Waals surface area contributed by atoms with Crippen LogP contribution in [0.1, 0.15) is 12.8 Å². The van der Waals surface area contributed by atoms with Crippen LogP contribution in [0.2, 0.25) is 0 Å². The summed E-state index contributed by atoms with van der Waals surface area (Å²) in [4.78, 5) is 3.94. The summed E-state index contributed by atoms with van der Waals surface area (Å²) in [5.74, 6) is 0. The molecule has 1 N–H and O–H groups in total. The topological polar surface area (TPSA) is 29.5 Å². The van der Waals surface area contributed by atoms with Crippen molar-refractivity contribution in [3.63, 3.8) is 0 Å². The van der Waals surface area contributed by atoms with Crippen LogP contribution in [0.5, 0.6) is 0 Å². The molecule has 0 saturated heterocycles. The van der Waals surface area contributed by atoms with E-state index in [9.17, 15) is 0 Å². The Morgan fingerprint density at radius 1 is 1.67 bits per heavy atom. The molecule has 0 saturated carbocycles. The minimum atomic E-state index is 0.410. The zero-order valence-corrected chi connectivity index (χ0v) is 5.21. The summed E-state index contributed by atoms with van der Waals surface area (Å²) >= 11 is 0. The maximum Gasteiger partial charge on any atom is 0.0857 e. The number of rotatable bonds is 3. The summed E-state index contributed by atoms with van der Waals surface area (Å²) in [6.45, 7) is 0.410. The van der Waals surface area contributed by atoms with Gasteiger partial charge in [-0.3, -0.25) is 5.26 Å². The van der Waals surface area contributed by atoms with Crippen molar-refractivity contribution in [2.45, 2.75) is 12.8 Å². The molecular formula is C7H10O2. The largest absolute Gasteiger partial charge is 0.252 e. The number of hydrogen-bond acceptors (Lipinski definition) is 2. The fourth-order valence-corrected chi connectivity index (χ4v) is 0.854. The Morgan fingerprint density at radius 3 is 3.11 bits per heavy atom. The second-order valence-electron chi connectivity index (χ2n) is 2.04. The maximum atomic E-state index is 7.98. The molecule has 0 aromatic rings. The Labute approximate surface area is 54.4 Å². The third-order valence-electron chi connectivity index (χ3n) is 1.36. The number of allylic oxidation sites excluding steroid dienone is 3. The smallest absolute Gasteiger partial charge is 0.0857 e. The van der Waals surface area contributed by atoms with Crippen LogP contribution in [0.4, 0.5) is 0 Å². The lowest BCUT2D eigenvalue weighted by Gasteiger charge is -1.96. The highest BCUT2D eigenvalue weighted by Crippen LogP contribution is 2.13. The van der Waals surface area contributed by atoms with Gasteiger partial charge in [0, 0.05) is 0 Å². The molecule has 2 nitrogen and oxygen atoms in total. The summed E-state index contributed by atoms with van der Waals surface area (Å²) in [6, 6.07) is 0. The Balaban J connectivity index is 2.14. The zero-order valence-electron chi connectivity index (χ0n) is 5.21. The van der Waals surface area contributed by atoms with Gasteiger partial charge in [-0.25, -0.2) is 4.89 Å². The molecule has 0 radical (unpaired) electrons. The second kappa shape index (κ2) is 3.43. The summed E-state index contributed by atoms with van der Waals surface area (Å²) in [5.41, 5.74) is 1.32. The van der Waals surface area contributed by atoms with Crippen LogP contribution in [-0.4, -0.2) is 11.9 Å². The minimum absolute atomic E-state index is 0.410. The van der Waals surface area contributed by atoms with Gasteiger partial charge in [0.25, 0.3) is 0 Å². The lowest BCUT2D eigenvalue weighted by molar-refractivity contribution is -0.241. The standard InChI is InChI=1S/C7H10O2/c8-9-6-5-7-3-1-2-4-7/h1-3,8H,4-6H2. The highest BCUT2D eigenvalue weighted by atomic mass is 17.1. The van der Waals surface area contributed by atoms with Crippen molar-refractivity contribution >= 4 is 0 Å². The highest BCUT2D eigenvalue weighted by Gasteiger charge is 1.97. The summed E-state index contributed by atoms with van der Waals surface area (Å²) in [6.07, 6.45) is 8.02. The molecule has 0 heterocycles. The molecule has 0 aromatic carbocycles. The van der Waals surface area contributed by atoms with E-state index in [2.05, 4.69) is 17.0 Å². The van der Waals surface area contributed by atoms with Gasteiger partial charge in [-0.15, -0.1) is 0 Å². The summed E-state index contributed by atoms with van der Waals surface area (Å²) in [5, 5.41) is 7.98. The first-order valence-electron chi connectivity index (χ1n) is 3.04. The maximum absolute atomic E-state index is 7.98. The first-order valence-corrected chi connectivity index (χ1v) is 3.04. The average molecular weight is 126 g/mol. The molecule has 0 unspecified atom stereocenters. The molecule has 1 rings (SSSR count). The van der Waals surface area contributed by atoms with E-state index in [4.69, 9.17) is 5.26 Å². The van der Waals surface area contributed by atoms with E-state index in [-0.39, 0.29) is 0 Å². The molecule has 9 heavy (non-hydrogen) atoms. The van der Waals surface area contributed by atoms with Crippen LogP contribution in [0.3, 0.4) is 0 Å². The van der Waals surface area contributed by atoms with Gasteiger partial charge >= 0.3 is 0 Å². The molecule has 0 aromatic heterocycles. The van der Waals surface area contributed by atoms with Gasteiger partial charge in [0.2, 0.25) is 0 Å². The lowest BCUT2D eigenvalue weighted by Crippen LogP contribution is -1.89. The Bertz CT molecular complexity index is 136. The van der Waals surface area contributed by atoms with E-state index in [1.165, 1.54) is 5.57 Å². The van der Waals surface area contributed by atoms with Gasteiger partial charge in [0.15, 0.2) is 0 Å². The van der Waals surface area contributed by atoms with Gasteiger partial charge in [0.1, 0.15) is 0 Å². The van der Waals surface area contributed by atoms with Crippen molar-refractivity contribution in [2.75, 3.05) is 6.61 Å². The van der Waals surface area contributed by atoms with E-state index in [1.807, 2.05) is 6.08 Å². The molecule has 0 aliphatic heterocycles. The first kappa shape index (κ1) is 6.52. The second-order valence-corrected chi connectivity index (χ2v) is 2.04. The fourth-order valence-electron chi connectivity index (χ4n) is 0.854. The van der Waals surface area contributed by atoms with Crippen molar-refractivity contribution < 1.29 is 10.1 Å².